The van der Waals surface area contributed by atoms with E-state index in [2.05, 4.69) is 10.1 Å². The lowest BCUT2D eigenvalue weighted by Crippen LogP contribution is -2.54. The third-order valence-electron chi connectivity index (χ3n) is 2.74. The Hall–Kier alpha value is -2.09. The SMILES string of the molecule is COC(=O)[C@](O)(CC(=O)Nc1ccc(C)cc1)C(F)(F)F. The first-order valence-corrected chi connectivity index (χ1v) is 5.84. The van der Waals surface area contributed by atoms with Crippen LogP contribution in [0.4, 0.5) is 18.9 Å². The van der Waals surface area contributed by atoms with E-state index in [1.807, 2.05) is 0 Å². The smallest absolute Gasteiger partial charge is 0.428 e. The van der Waals surface area contributed by atoms with Crippen molar-refractivity contribution in [3.05, 3.63) is 29.8 Å². The highest BCUT2D eigenvalue weighted by molar-refractivity contribution is 5.95. The van der Waals surface area contributed by atoms with E-state index in [0.717, 1.165) is 5.56 Å². The molecule has 0 fully saturated rings. The minimum absolute atomic E-state index is 0.250. The summed E-state index contributed by atoms with van der Waals surface area (Å²) < 4.78 is 42.2. The van der Waals surface area contributed by atoms with E-state index >= 15 is 0 Å². The largest absolute Gasteiger partial charge is 0.467 e. The van der Waals surface area contributed by atoms with E-state index in [9.17, 15) is 27.9 Å². The maximum absolute atomic E-state index is 12.8. The summed E-state index contributed by atoms with van der Waals surface area (Å²) in [7, 11) is 0.691. The molecule has 1 amide bonds. The number of aliphatic hydroxyl groups is 1. The summed E-state index contributed by atoms with van der Waals surface area (Å²) in [5.74, 6) is -3.10. The van der Waals surface area contributed by atoms with Crippen molar-refractivity contribution in [2.45, 2.75) is 25.1 Å². The fourth-order valence-corrected chi connectivity index (χ4v) is 1.53. The highest BCUT2D eigenvalue weighted by Crippen LogP contribution is 2.34. The molecule has 5 nitrogen and oxygen atoms in total. The molecule has 0 aromatic heterocycles. The molecule has 0 heterocycles. The van der Waals surface area contributed by atoms with E-state index in [4.69, 9.17) is 0 Å². The predicted molar refractivity (Wildman–Crippen MR) is 67.4 cm³/mol. The van der Waals surface area contributed by atoms with Gasteiger partial charge in [0.05, 0.1) is 13.5 Å². The Morgan fingerprint density at radius 1 is 1.24 bits per heavy atom. The number of amides is 1. The molecule has 0 aliphatic heterocycles. The zero-order valence-electron chi connectivity index (χ0n) is 11.3. The third-order valence-corrected chi connectivity index (χ3v) is 2.74. The molecule has 2 N–H and O–H groups in total. The topological polar surface area (TPSA) is 75.6 Å². The first kappa shape index (κ1) is 17.0. The molecule has 0 bridgehead atoms. The molecule has 0 saturated carbocycles. The van der Waals surface area contributed by atoms with Crippen molar-refractivity contribution in [2.24, 2.45) is 0 Å². The Kier molecular flexibility index (Phi) is 4.95. The number of anilines is 1. The van der Waals surface area contributed by atoms with Crippen LogP contribution in [0.2, 0.25) is 0 Å². The molecule has 1 atom stereocenters. The first-order valence-electron chi connectivity index (χ1n) is 5.84. The molecule has 0 saturated heterocycles. The van der Waals surface area contributed by atoms with Gasteiger partial charge in [0.2, 0.25) is 5.91 Å². The lowest BCUT2D eigenvalue weighted by Gasteiger charge is -2.26. The van der Waals surface area contributed by atoms with Crippen LogP contribution >= 0.6 is 0 Å². The number of hydrogen-bond acceptors (Lipinski definition) is 4. The number of halogens is 3. The van der Waals surface area contributed by atoms with Crippen LogP contribution in [0, 0.1) is 6.92 Å². The quantitative estimate of drug-likeness (QED) is 0.832. The van der Waals surface area contributed by atoms with E-state index in [1.54, 1.807) is 19.1 Å². The van der Waals surface area contributed by atoms with Gasteiger partial charge in [0, 0.05) is 5.69 Å². The van der Waals surface area contributed by atoms with E-state index < -0.39 is 30.1 Å². The standard InChI is InChI=1S/C13H14F3NO4/c1-8-3-5-9(6-4-8)17-10(18)7-12(20,11(19)21-2)13(14,15)16/h3-6,20H,7H2,1-2H3,(H,17,18)/t12-/m1/s1. The van der Waals surface area contributed by atoms with Crippen molar-refractivity contribution in [1.29, 1.82) is 0 Å². The monoisotopic (exact) mass is 305 g/mol. The molecule has 1 aromatic rings. The van der Waals surface area contributed by atoms with Crippen molar-refractivity contribution in [1.82, 2.24) is 0 Å². The number of nitrogens with one attached hydrogen (secondary N) is 1. The molecule has 0 radical (unpaired) electrons. The summed E-state index contributed by atoms with van der Waals surface area (Å²) in [6.45, 7) is 1.80. The molecule has 0 aliphatic carbocycles. The van der Waals surface area contributed by atoms with Crippen LogP contribution in [0.1, 0.15) is 12.0 Å². The summed E-state index contributed by atoms with van der Waals surface area (Å²) in [6, 6.07) is 6.26. The second kappa shape index (κ2) is 6.13. The Balaban J connectivity index is 2.87. The maximum atomic E-state index is 12.8. The highest BCUT2D eigenvalue weighted by atomic mass is 19.4. The Bertz CT molecular complexity index is 527. The summed E-state index contributed by atoms with van der Waals surface area (Å²) in [4.78, 5) is 22.7. The van der Waals surface area contributed by atoms with Gasteiger partial charge in [-0.1, -0.05) is 17.7 Å². The lowest BCUT2D eigenvalue weighted by atomic mass is 9.98. The van der Waals surface area contributed by atoms with Crippen molar-refractivity contribution in [2.75, 3.05) is 12.4 Å². The van der Waals surface area contributed by atoms with E-state index in [-0.39, 0.29) is 5.69 Å². The summed E-state index contributed by atoms with van der Waals surface area (Å²) in [6.07, 6.45) is -6.82. The maximum Gasteiger partial charge on any atom is 0.428 e. The van der Waals surface area contributed by atoms with Crippen molar-refractivity contribution >= 4 is 17.6 Å². The molecule has 0 spiro atoms. The molecular formula is C13H14F3NO4. The minimum atomic E-state index is -5.33. The van der Waals surface area contributed by atoms with Crippen LogP contribution in [-0.2, 0) is 14.3 Å². The molecule has 21 heavy (non-hydrogen) atoms. The number of aryl methyl sites for hydroxylation is 1. The van der Waals surface area contributed by atoms with Gasteiger partial charge < -0.3 is 15.2 Å². The normalized spacial score (nSPS) is 14.2. The van der Waals surface area contributed by atoms with Gasteiger partial charge in [0.15, 0.2) is 0 Å². The highest BCUT2D eigenvalue weighted by Gasteiger charge is 2.61. The lowest BCUT2D eigenvalue weighted by molar-refractivity contribution is -0.261. The average molecular weight is 305 g/mol. The second-order valence-corrected chi connectivity index (χ2v) is 4.44. The third kappa shape index (κ3) is 3.94. The number of carbonyl (C=O) groups is 2. The Morgan fingerprint density at radius 3 is 2.19 bits per heavy atom. The van der Waals surface area contributed by atoms with Gasteiger partial charge in [-0.25, -0.2) is 4.79 Å². The number of alkyl halides is 3. The fourth-order valence-electron chi connectivity index (χ4n) is 1.53. The molecular weight excluding hydrogens is 291 g/mol. The summed E-state index contributed by atoms with van der Waals surface area (Å²) in [5.41, 5.74) is -2.73. The van der Waals surface area contributed by atoms with Gasteiger partial charge in [0.1, 0.15) is 0 Å². The van der Waals surface area contributed by atoms with Gasteiger partial charge in [-0.2, -0.15) is 13.2 Å². The molecule has 116 valence electrons. The zero-order chi connectivity index (χ0) is 16.3. The fraction of sp³-hybridized carbons (Fsp3) is 0.385. The molecule has 1 rings (SSSR count). The van der Waals surface area contributed by atoms with Crippen molar-refractivity contribution < 1.29 is 32.6 Å². The number of ether oxygens (including phenoxy) is 1. The summed E-state index contributed by atoms with van der Waals surface area (Å²) >= 11 is 0. The van der Waals surface area contributed by atoms with Gasteiger partial charge in [-0.15, -0.1) is 0 Å². The summed E-state index contributed by atoms with van der Waals surface area (Å²) in [5, 5.41) is 11.6. The van der Waals surface area contributed by atoms with Crippen LogP contribution in [0.5, 0.6) is 0 Å². The van der Waals surface area contributed by atoms with Crippen LogP contribution in [0.25, 0.3) is 0 Å². The Morgan fingerprint density at radius 2 is 1.76 bits per heavy atom. The van der Waals surface area contributed by atoms with Gasteiger partial charge in [0.25, 0.3) is 5.60 Å². The number of esters is 1. The Labute approximate surface area is 118 Å². The first-order chi connectivity index (χ1) is 9.60. The average Bonchev–Trinajstić information content (AvgIpc) is 2.38. The number of benzene rings is 1. The molecule has 0 aliphatic rings. The second-order valence-electron chi connectivity index (χ2n) is 4.44. The van der Waals surface area contributed by atoms with Gasteiger partial charge in [-0.05, 0) is 19.1 Å². The van der Waals surface area contributed by atoms with Gasteiger partial charge >= 0.3 is 12.1 Å². The van der Waals surface area contributed by atoms with Crippen molar-refractivity contribution in [3.8, 4) is 0 Å². The molecule has 8 heteroatoms. The predicted octanol–water partition coefficient (Wildman–Crippen LogP) is 1.79. The van der Waals surface area contributed by atoms with E-state index in [1.165, 1.54) is 12.1 Å². The van der Waals surface area contributed by atoms with Crippen LogP contribution in [0.15, 0.2) is 24.3 Å². The minimum Gasteiger partial charge on any atom is -0.467 e. The van der Waals surface area contributed by atoms with Gasteiger partial charge in [-0.3, -0.25) is 4.79 Å². The van der Waals surface area contributed by atoms with Crippen LogP contribution in [0.3, 0.4) is 0 Å². The number of rotatable bonds is 4. The number of carbonyl (C=O) groups excluding carboxylic acids is 2. The van der Waals surface area contributed by atoms with Crippen LogP contribution < -0.4 is 5.32 Å². The number of methoxy groups -OCH3 is 1. The zero-order valence-corrected chi connectivity index (χ0v) is 11.3. The van der Waals surface area contributed by atoms with E-state index in [0.29, 0.717) is 7.11 Å². The van der Waals surface area contributed by atoms with Crippen LogP contribution in [-0.4, -0.2) is 35.9 Å². The number of hydrogen-bond donors (Lipinski definition) is 2. The molecule has 1 aromatic carbocycles. The molecule has 0 unspecified atom stereocenters. The van der Waals surface area contributed by atoms with Crippen molar-refractivity contribution in [3.63, 3.8) is 0 Å².